The fraction of sp³-hybridized carbons (Fsp3) is 0.550. The standard InChI is InChI=1S/C20H25FN4O3/c1-14-5-7-15(8-6-14)11-24-19(28)25-16(3-2-4-17(25)22-24)18(27)23-10-9-20(21,12-23)13-26/h5-8,16,26H,2-4,9-13H2,1H3/t16-,20-/m1/s1. The zero-order valence-corrected chi connectivity index (χ0v) is 16.0. The first-order chi connectivity index (χ1) is 13.4. The molecule has 3 heterocycles. The number of carbonyl (C=O) groups is 1. The summed E-state index contributed by atoms with van der Waals surface area (Å²) in [5, 5.41) is 13.7. The van der Waals surface area contributed by atoms with Crippen LogP contribution in [-0.4, -0.2) is 55.6 Å². The number of aliphatic hydroxyl groups excluding tert-OH is 1. The molecule has 2 atom stereocenters. The third kappa shape index (κ3) is 3.37. The van der Waals surface area contributed by atoms with Crippen molar-refractivity contribution in [1.82, 2.24) is 19.2 Å². The molecule has 0 spiro atoms. The molecule has 0 unspecified atom stereocenters. The van der Waals surface area contributed by atoms with Crippen molar-refractivity contribution >= 4 is 5.91 Å². The summed E-state index contributed by atoms with van der Waals surface area (Å²) < 4.78 is 17.2. The van der Waals surface area contributed by atoms with Crippen LogP contribution in [0, 0.1) is 6.92 Å². The number of carbonyl (C=O) groups excluding carboxylic acids is 1. The first-order valence-corrected chi connectivity index (χ1v) is 9.72. The third-order valence-corrected chi connectivity index (χ3v) is 5.77. The summed E-state index contributed by atoms with van der Waals surface area (Å²) in [6.45, 7) is 1.89. The van der Waals surface area contributed by atoms with Crippen molar-refractivity contribution in [2.45, 2.75) is 50.9 Å². The SMILES string of the molecule is Cc1ccc(Cn2nc3n(c2=O)[C@@H](C(=O)N2CC[C@](F)(CO)C2)CCC3)cc1. The number of hydrogen-bond acceptors (Lipinski definition) is 4. The van der Waals surface area contributed by atoms with Crippen LogP contribution in [-0.2, 0) is 17.8 Å². The topological polar surface area (TPSA) is 80.4 Å². The highest BCUT2D eigenvalue weighted by atomic mass is 19.1. The number of aromatic nitrogens is 3. The summed E-state index contributed by atoms with van der Waals surface area (Å²) in [5.41, 5.74) is 0.0637. The Labute approximate surface area is 162 Å². The Morgan fingerprint density at radius 2 is 2.11 bits per heavy atom. The van der Waals surface area contributed by atoms with Crippen molar-refractivity contribution in [1.29, 1.82) is 0 Å². The normalized spacial score (nSPS) is 24.4. The number of benzene rings is 1. The van der Waals surface area contributed by atoms with E-state index in [1.165, 1.54) is 14.1 Å². The van der Waals surface area contributed by atoms with E-state index < -0.39 is 18.3 Å². The lowest BCUT2D eigenvalue weighted by molar-refractivity contribution is -0.135. The number of nitrogens with zero attached hydrogens (tertiary/aromatic N) is 4. The van der Waals surface area contributed by atoms with Crippen LogP contribution in [0.15, 0.2) is 29.1 Å². The van der Waals surface area contributed by atoms with Gasteiger partial charge in [0.15, 0.2) is 5.67 Å². The summed E-state index contributed by atoms with van der Waals surface area (Å²) >= 11 is 0. The predicted molar refractivity (Wildman–Crippen MR) is 101 cm³/mol. The fourth-order valence-electron chi connectivity index (χ4n) is 4.10. The molecule has 28 heavy (non-hydrogen) atoms. The number of halogens is 1. The molecule has 8 heteroatoms. The van der Waals surface area contributed by atoms with Gasteiger partial charge in [-0.2, -0.15) is 5.10 Å². The number of likely N-dealkylation sites (tertiary alicyclic amines) is 1. The van der Waals surface area contributed by atoms with Crippen molar-refractivity contribution in [3.63, 3.8) is 0 Å². The number of amides is 1. The van der Waals surface area contributed by atoms with Crippen LogP contribution in [0.4, 0.5) is 4.39 Å². The van der Waals surface area contributed by atoms with Gasteiger partial charge < -0.3 is 10.0 Å². The van der Waals surface area contributed by atoms with Crippen molar-refractivity contribution in [2.75, 3.05) is 19.7 Å². The second-order valence-electron chi connectivity index (χ2n) is 7.94. The monoisotopic (exact) mass is 388 g/mol. The molecular weight excluding hydrogens is 363 g/mol. The second kappa shape index (κ2) is 7.16. The van der Waals surface area contributed by atoms with Crippen LogP contribution >= 0.6 is 0 Å². The van der Waals surface area contributed by atoms with Gasteiger partial charge >= 0.3 is 5.69 Å². The number of hydrogen-bond donors (Lipinski definition) is 1. The molecule has 1 aromatic carbocycles. The van der Waals surface area contributed by atoms with E-state index in [0.29, 0.717) is 25.2 Å². The maximum Gasteiger partial charge on any atom is 0.346 e. The third-order valence-electron chi connectivity index (χ3n) is 5.77. The van der Waals surface area contributed by atoms with Gasteiger partial charge in [0.1, 0.15) is 11.9 Å². The number of aryl methyl sites for hydroxylation is 2. The quantitative estimate of drug-likeness (QED) is 0.854. The average molecular weight is 388 g/mol. The van der Waals surface area contributed by atoms with Crippen LogP contribution in [0.3, 0.4) is 0 Å². The highest BCUT2D eigenvalue weighted by molar-refractivity contribution is 5.81. The lowest BCUT2D eigenvalue weighted by Gasteiger charge is -2.27. The number of fused-ring (bicyclic) bond motifs is 1. The summed E-state index contributed by atoms with van der Waals surface area (Å²) in [7, 11) is 0. The smallest absolute Gasteiger partial charge is 0.346 e. The molecule has 0 bridgehead atoms. The number of alkyl halides is 1. The van der Waals surface area contributed by atoms with Gasteiger partial charge in [0.2, 0.25) is 5.91 Å². The average Bonchev–Trinajstić information content (AvgIpc) is 3.24. The molecule has 4 rings (SSSR count). The van der Waals surface area contributed by atoms with Crippen LogP contribution in [0.2, 0.25) is 0 Å². The molecule has 0 aliphatic carbocycles. The highest BCUT2D eigenvalue weighted by Crippen LogP contribution is 2.30. The van der Waals surface area contributed by atoms with Gasteiger partial charge in [-0.1, -0.05) is 29.8 Å². The van der Waals surface area contributed by atoms with Gasteiger partial charge in [-0.15, -0.1) is 0 Å². The van der Waals surface area contributed by atoms with Crippen molar-refractivity contribution in [2.24, 2.45) is 0 Å². The van der Waals surface area contributed by atoms with E-state index >= 15 is 0 Å². The Morgan fingerprint density at radius 3 is 2.79 bits per heavy atom. The molecule has 0 radical (unpaired) electrons. The Kier molecular flexibility index (Phi) is 4.82. The van der Waals surface area contributed by atoms with Crippen molar-refractivity contribution in [3.8, 4) is 0 Å². The maximum absolute atomic E-state index is 14.3. The van der Waals surface area contributed by atoms with Gasteiger partial charge in [0, 0.05) is 19.4 Å². The molecule has 1 saturated heterocycles. The molecule has 1 fully saturated rings. The zero-order valence-electron chi connectivity index (χ0n) is 16.0. The van der Waals surface area contributed by atoms with Crippen molar-refractivity contribution < 1.29 is 14.3 Å². The van der Waals surface area contributed by atoms with E-state index in [9.17, 15) is 19.1 Å². The zero-order chi connectivity index (χ0) is 19.9. The summed E-state index contributed by atoms with van der Waals surface area (Å²) in [4.78, 5) is 27.4. The highest BCUT2D eigenvalue weighted by Gasteiger charge is 2.43. The van der Waals surface area contributed by atoms with E-state index in [1.54, 1.807) is 0 Å². The minimum absolute atomic E-state index is 0.121. The van der Waals surface area contributed by atoms with Gasteiger partial charge in [0.25, 0.3) is 0 Å². The molecule has 2 aromatic rings. The summed E-state index contributed by atoms with van der Waals surface area (Å²) in [6.07, 6.45) is 2.06. The first-order valence-electron chi connectivity index (χ1n) is 9.72. The van der Waals surface area contributed by atoms with E-state index in [2.05, 4.69) is 5.10 Å². The fourth-order valence-corrected chi connectivity index (χ4v) is 4.10. The van der Waals surface area contributed by atoms with E-state index in [0.717, 1.165) is 17.5 Å². The Bertz CT molecular complexity index is 936. The molecule has 1 N–H and O–H groups in total. The summed E-state index contributed by atoms with van der Waals surface area (Å²) in [5.74, 6) is 0.348. The molecule has 7 nitrogen and oxygen atoms in total. The molecule has 1 aromatic heterocycles. The Balaban J connectivity index is 1.59. The van der Waals surface area contributed by atoms with Crippen LogP contribution in [0.1, 0.15) is 42.3 Å². The maximum atomic E-state index is 14.3. The minimum Gasteiger partial charge on any atom is -0.393 e. The van der Waals surface area contributed by atoms with Crippen molar-refractivity contribution in [3.05, 3.63) is 51.7 Å². The molecule has 150 valence electrons. The van der Waals surface area contributed by atoms with Crippen LogP contribution < -0.4 is 5.69 Å². The number of rotatable bonds is 4. The second-order valence-corrected chi connectivity index (χ2v) is 7.94. The molecule has 0 saturated carbocycles. The Morgan fingerprint density at radius 1 is 1.36 bits per heavy atom. The largest absolute Gasteiger partial charge is 0.393 e. The molecule has 1 amide bonds. The van der Waals surface area contributed by atoms with E-state index in [4.69, 9.17) is 0 Å². The van der Waals surface area contributed by atoms with E-state index in [-0.39, 0.29) is 31.1 Å². The lowest BCUT2D eigenvalue weighted by Crippen LogP contribution is -2.43. The molecule has 2 aliphatic rings. The van der Waals surface area contributed by atoms with Gasteiger partial charge in [-0.05, 0) is 25.3 Å². The summed E-state index contributed by atoms with van der Waals surface area (Å²) in [6, 6.07) is 7.25. The van der Waals surface area contributed by atoms with Gasteiger partial charge in [-0.25, -0.2) is 13.9 Å². The predicted octanol–water partition coefficient (Wildman–Crippen LogP) is 1.21. The molecular formula is C20H25FN4O3. The number of aliphatic hydroxyl groups is 1. The van der Waals surface area contributed by atoms with Crippen LogP contribution in [0.25, 0.3) is 0 Å². The van der Waals surface area contributed by atoms with Gasteiger partial charge in [-0.3, -0.25) is 9.36 Å². The van der Waals surface area contributed by atoms with E-state index in [1.807, 2.05) is 31.2 Å². The molecule has 2 aliphatic heterocycles. The lowest BCUT2D eigenvalue weighted by atomic mass is 10.0. The Hall–Kier alpha value is -2.48. The minimum atomic E-state index is -1.74. The van der Waals surface area contributed by atoms with Gasteiger partial charge in [0.05, 0.1) is 19.7 Å². The first kappa shape index (κ1) is 18.9. The van der Waals surface area contributed by atoms with Crippen LogP contribution in [0.5, 0.6) is 0 Å².